The van der Waals surface area contributed by atoms with Crippen LogP contribution < -0.4 is 11.1 Å². The average Bonchev–Trinajstić information content (AvgIpc) is 2.34. The fourth-order valence-electron chi connectivity index (χ4n) is 1.84. The summed E-state index contributed by atoms with van der Waals surface area (Å²) in [5, 5.41) is 3.13. The van der Waals surface area contributed by atoms with Crippen LogP contribution in [0.2, 0.25) is 0 Å². The van der Waals surface area contributed by atoms with Crippen LogP contribution in [-0.4, -0.2) is 23.7 Å². The molecule has 0 aliphatic rings. The number of alkyl halides is 3. The Bertz CT molecular complexity index is 380. The Labute approximate surface area is 111 Å². The zero-order valence-corrected chi connectivity index (χ0v) is 11.0. The minimum absolute atomic E-state index is 0.0534. The molecule has 0 bridgehead atoms. The van der Waals surface area contributed by atoms with E-state index in [1.807, 2.05) is 6.92 Å². The number of aromatic nitrogens is 1. The van der Waals surface area contributed by atoms with Crippen LogP contribution in [0.5, 0.6) is 0 Å². The van der Waals surface area contributed by atoms with Crippen molar-refractivity contribution >= 4 is 5.69 Å². The smallest absolute Gasteiger partial charge is 0.389 e. The number of hydrogen-bond donors (Lipinski definition) is 2. The Morgan fingerprint density at radius 1 is 1.42 bits per heavy atom. The van der Waals surface area contributed by atoms with Gasteiger partial charge in [-0.15, -0.1) is 0 Å². The number of nitrogens with zero attached hydrogens (tertiary/aromatic N) is 1. The second-order valence-corrected chi connectivity index (χ2v) is 4.58. The first-order valence-electron chi connectivity index (χ1n) is 6.41. The third-order valence-corrected chi connectivity index (χ3v) is 2.87. The molecule has 1 aromatic heterocycles. The molecule has 3 N–H and O–H groups in total. The molecule has 1 aromatic rings. The minimum atomic E-state index is -4.12. The lowest BCUT2D eigenvalue weighted by atomic mass is 10.0. The van der Waals surface area contributed by atoms with E-state index < -0.39 is 12.6 Å². The van der Waals surface area contributed by atoms with Crippen LogP contribution in [-0.2, 0) is 6.42 Å². The summed E-state index contributed by atoms with van der Waals surface area (Å²) in [6.07, 6.45) is -0.313. The minimum Gasteiger partial charge on any atom is -0.398 e. The van der Waals surface area contributed by atoms with Gasteiger partial charge in [0.05, 0.1) is 0 Å². The predicted molar refractivity (Wildman–Crippen MR) is 69.7 cm³/mol. The van der Waals surface area contributed by atoms with E-state index in [1.165, 1.54) is 0 Å². The lowest BCUT2D eigenvalue weighted by Gasteiger charge is -2.20. The van der Waals surface area contributed by atoms with Crippen LogP contribution in [0.1, 0.15) is 31.7 Å². The molecule has 1 heterocycles. The van der Waals surface area contributed by atoms with E-state index in [1.54, 1.807) is 18.5 Å². The van der Waals surface area contributed by atoms with Gasteiger partial charge in [-0.2, -0.15) is 13.2 Å². The van der Waals surface area contributed by atoms with Crippen LogP contribution in [0.25, 0.3) is 0 Å². The first kappa shape index (κ1) is 15.8. The van der Waals surface area contributed by atoms with E-state index in [2.05, 4.69) is 10.3 Å². The van der Waals surface area contributed by atoms with Crippen LogP contribution in [0, 0.1) is 0 Å². The number of halogens is 3. The predicted octanol–water partition coefficient (Wildman–Crippen LogP) is 2.92. The summed E-state index contributed by atoms with van der Waals surface area (Å²) < 4.78 is 36.9. The van der Waals surface area contributed by atoms with E-state index in [-0.39, 0.29) is 12.5 Å². The van der Waals surface area contributed by atoms with Crippen molar-refractivity contribution < 1.29 is 13.2 Å². The number of pyridine rings is 1. The highest BCUT2D eigenvalue weighted by atomic mass is 19.4. The number of nitrogens with one attached hydrogen (secondary N) is 1. The summed E-state index contributed by atoms with van der Waals surface area (Å²) >= 11 is 0. The molecule has 1 atom stereocenters. The van der Waals surface area contributed by atoms with Crippen molar-refractivity contribution in [1.29, 1.82) is 0 Å². The van der Waals surface area contributed by atoms with E-state index in [0.717, 1.165) is 12.0 Å². The third-order valence-electron chi connectivity index (χ3n) is 2.87. The van der Waals surface area contributed by atoms with Crippen molar-refractivity contribution in [3.8, 4) is 0 Å². The maximum absolute atomic E-state index is 12.3. The molecular formula is C13H20F3N3. The van der Waals surface area contributed by atoms with Crippen LogP contribution in [0.3, 0.4) is 0 Å². The van der Waals surface area contributed by atoms with E-state index >= 15 is 0 Å². The molecule has 0 radical (unpaired) electrons. The fraction of sp³-hybridized carbons (Fsp3) is 0.615. The number of anilines is 1. The number of nitrogen functional groups attached to an aromatic ring is 1. The molecular weight excluding hydrogens is 255 g/mol. The lowest BCUT2D eigenvalue weighted by Crippen LogP contribution is -2.33. The van der Waals surface area contributed by atoms with Gasteiger partial charge in [-0.1, -0.05) is 6.92 Å². The Morgan fingerprint density at radius 3 is 2.74 bits per heavy atom. The molecule has 3 nitrogen and oxygen atoms in total. The van der Waals surface area contributed by atoms with Crippen molar-refractivity contribution in [3.63, 3.8) is 0 Å². The molecule has 0 saturated carbocycles. The van der Waals surface area contributed by atoms with Gasteiger partial charge in [0.2, 0.25) is 0 Å². The molecule has 0 aliphatic carbocycles. The monoisotopic (exact) mass is 275 g/mol. The molecule has 0 amide bonds. The molecule has 1 unspecified atom stereocenters. The number of nitrogens with two attached hydrogens (primary N) is 1. The summed E-state index contributed by atoms with van der Waals surface area (Å²) in [5.41, 5.74) is 7.15. The van der Waals surface area contributed by atoms with Gasteiger partial charge in [0.1, 0.15) is 0 Å². The quantitative estimate of drug-likeness (QED) is 0.804. The van der Waals surface area contributed by atoms with Gasteiger partial charge >= 0.3 is 6.18 Å². The Balaban J connectivity index is 2.61. The van der Waals surface area contributed by atoms with Crippen LogP contribution in [0.4, 0.5) is 18.9 Å². The van der Waals surface area contributed by atoms with Gasteiger partial charge in [0, 0.05) is 30.5 Å². The molecule has 0 fully saturated rings. The standard InChI is InChI=1S/C13H20F3N3/c1-2-6-19-11(3-5-13(14,15)16)8-10-9-18-7-4-12(10)17/h4,7,9,11,19H,2-3,5-6,8H2,1H3,(H2,17,18). The summed E-state index contributed by atoms with van der Waals surface area (Å²) in [6.45, 7) is 2.68. The Morgan fingerprint density at radius 2 is 2.16 bits per heavy atom. The summed E-state index contributed by atoms with van der Waals surface area (Å²) in [6, 6.07) is 1.43. The molecule has 0 saturated heterocycles. The van der Waals surface area contributed by atoms with Crippen molar-refractivity contribution in [2.24, 2.45) is 0 Å². The maximum Gasteiger partial charge on any atom is 0.389 e. The van der Waals surface area contributed by atoms with Crippen LogP contribution in [0.15, 0.2) is 18.5 Å². The summed E-state index contributed by atoms with van der Waals surface area (Å²) in [5.74, 6) is 0. The summed E-state index contributed by atoms with van der Waals surface area (Å²) in [7, 11) is 0. The summed E-state index contributed by atoms with van der Waals surface area (Å²) in [4.78, 5) is 3.96. The van der Waals surface area contributed by atoms with E-state index in [4.69, 9.17) is 5.73 Å². The third kappa shape index (κ3) is 6.42. The molecule has 19 heavy (non-hydrogen) atoms. The van der Waals surface area contributed by atoms with E-state index in [0.29, 0.717) is 18.7 Å². The van der Waals surface area contributed by atoms with Crippen molar-refractivity contribution in [2.75, 3.05) is 12.3 Å². The highest BCUT2D eigenvalue weighted by Gasteiger charge is 2.28. The zero-order valence-electron chi connectivity index (χ0n) is 11.0. The highest BCUT2D eigenvalue weighted by molar-refractivity contribution is 5.44. The molecule has 0 spiro atoms. The molecule has 6 heteroatoms. The van der Waals surface area contributed by atoms with Crippen molar-refractivity contribution in [2.45, 2.75) is 44.8 Å². The average molecular weight is 275 g/mol. The molecule has 1 rings (SSSR count). The van der Waals surface area contributed by atoms with Crippen LogP contribution >= 0.6 is 0 Å². The topological polar surface area (TPSA) is 50.9 Å². The van der Waals surface area contributed by atoms with Crippen molar-refractivity contribution in [3.05, 3.63) is 24.0 Å². The highest BCUT2D eigenvalue weighted by Crippen LogP contribution is 2.23. The molecule has 108 valence electrons. The number of hydrogen-bond acceptors (Lipinski definition) is 3. The van der Waals surface area contributed by atoms with Gasteiger partial charge in [-0.3, -0.25) is 4.98 Å². The Hall–Kier alpha value is -1.30. The van der Waals surface area contributed by atoms with Crippen molar-refractivity contribution in [1.82, 2.24) is 10.3 Å². The fourth-order valence-corrected chi connectivity index (χ4v) is 1.84. The van der Waals surface area contributed by atoms with Gasteiger partial charge in [-0.05, 0) is 37.4 Å². The number of rotatable bonds is 7. The van der Waals surface area contributed by atoms with Gasteiger partial charge in [0.25, 0.3) is 0 Å². The SMILES string of the molecule is CCCNC(CCC(F)(F)F)Cc1cnccc1N. The van der Waals surface area contributed by atoms with Gasteiger partial charge in [0.15, 0.2) is 0 Å². The normalized spacial score (nSPS) is 13.5. The zero-order chi connectivity index (χ0) is 14.3. The molecule has 0 aromatic carbocycles. The van der Waals surface area contributed by atoms with Gasteiger partial charge < -0.3 is 11.1 Å². The Kier molecular flexibility index (Phi) is 6.08. The van der Waals surface area contributed by atoms with Gasteiger partial charge in [-0.25, -0.2) is 0 Å². The first-order chi connectivity index (χ1) is 8.92. The first-order valence-corrected chi connectivity index (χ1v) is 6.41. The lowest BCUT2D eigenvalue weighted by molar-refractivity contribution is -0.136. The largest absolute Gasteiger partial charge is 0.398 e. The second-order valence-electron chi connectivity index (χ2n) is 4.58. The second kappa shape index (κ2) is 7.33. The maximum atomic E-state index is 12.3. The van der Waals surface area contributed by atoms with E-state index in [9.17, 15) is 13.2 Å². The molecule has 0 aliphatic heterocycles.